The van der Waals surface area contributed by atoms with Crippen molar-refractivity contribution in [2.75, 3.05) is 18.6 Å². The minimum absolute atomic E-state index is 0.185. The number of hydrogen-bond donors (Lipinski definition) is 3. The van der Waals surface area contributed by atoms with Crippen LogP contribution in [0.2, 0.25) is 0 Å². The molecule has 1 aromatic heterocycles. The van der Waals surface area contributed by atoms with Crippen molar-refractivity contribution in [1.82, 2.24) is 4.98 Å². The van der Waals surface area contributed by atoms with Crippen molar-refractivity contribution in [2.24, 2.45) is 5.10 Å². The molecular formula is C19H15N3O5. The molecule has 0 atom stereocenters. The van der Waals surface area contributed by atoms with Gasteiger partial charge in [0.05, 0.1) is 28.5 Å². The number of nitrogens with one attached hydrogen (secondary N) is 2. The summed E-state index contributed by atoms with van der Waals surface area (Å²) in [5.41, 5.74) is 4.29. The summed E-state index contributed by atoms with van der Waals surface area (Å²) in [7, 11) is 0. The SMILES string of the molecule is O=C(O)c1ccc(N/N=C/c2cc3cc4c(cc3[nH]c2=O)OCCO4)cc1. The highest BCUT2D eigenvalue weighted by molar-refractivity contribution is 5.90. The summed E-state index contributed by atoms with van der Waals surface area (Å²) in [6.07, 6.45) is 1.40. The topological polar surface area (TPSA) is 113 Å². The van der Waals surface area contributed by atoms with Crippen molar-refractivity contribution in [3.63, 3.8) is 0 Å². The van der Waals surface area contributed by atoms with Crippen LogP contribution in [0.4, 0.5) is 5.69 Å². The molecule has 0 saturated heterocycles. The molecule has 0 saturated carbocycles. The predicted octanol–water partition coefficient (Wildman–Crippen LogP) is 2.44. The van der Waals surface area contributed by atoms with Gasteiger partial charge < -0.3 is 19.6 Å². The fourth-order valence-corrected chi connectivity index (χ4v) is 2.72. The maximum atomic E-state index is 12.3. The normalized spacial score (nSPS) is 13.0. The van der Waals surface area contributed by atoms with Crippen molar-refractivity contribution >= 4 is 28.8 Å². The second-order valence-corrected chi connectivity index (χ2v) is 5.89. The first-order valence-electron chi connectivity index (χ1n) is 8.19. The Bertz CT molecular complexity index is 1100. The molecule has 0 amide bonds. The van der Waals surface area contributed by atoms with Gasteiger partial charge in [-0.05, 0) is 36.4 Å². The summed E-state index contributed by atoms with van der Waals surface area (Å²) < 4.78 is 11.1. The van der Waals surface area contributed by atoms with Crippen LogP contribution < -0.4 is 20.5 Å². The van der Waals surface area contributed by atoms with Gasteiger partial charge in [0.25, 0.3) is 5.56 Å². The summed E-state index contributed by atoms with van der Waals surface area (Å²) in [5, 5.41) is 13.7. The molecule has 3 N–H and O–H groups in total. The summed E-state index contributed by atoms with van der Waals surface area (Å²) in [6.45, 7) is 0.966. The molecule has 2 aromatic carbocycles. The van der Waals surface area contributed by atoms with Crippen LogP contribution in [-0.2, 0) is 0 Å². The number of fused-ring (bicyclic) bond motifs is 2. The van der Waals surface area contributed by atoms with Crippen molar-refractivity contribution < 1.29 is 19.4 Å². The van der Waals surface area contributed by atoms with Crippen molar-refractivity contribution in [2.45, 2.75) is 0 Å². The molecule has 0 aliphatic carbocycles. The second kappa shape index (κ2) is 6.83. The molecule has 0 bridgehead atoms. The molecule has 27 heavy (non-hydrogen) atoms. The van der Waals surface area contributed by atoms with E-state index < -0.39 is 5.97 Å². The molecule has 8 heteroatoms. The van der Waals surface area contributed by atoms with Crippen LogP contribution in [0.25, 0.3) is 10.9 Å². The van der Waals surface area contributed by atoms with Crippen LogP contribution in [0.3, 0.4) is 0 Å². The first-order chi connectivity index (χ1) is 13.1. The number of carboxylic acid groups (broad SMARTS) is 1. The molecule has 4 rings (SSSR count). The fraction of sp³-hybridized carbons (Fsp3) is 0.105. The predicted molar refractivity (Wildman–Crippen MR) is 100 cm³/mol. The lowest BCUT2D eigenvalue weighted by atomic mass is 10.1. The van der Waals surface area contributed by atoms with E-state index in [0.29, 0.717) is 41.5 Å². The van der Waals surface area contributed by atoms with Gasteiger partial charge in [0.1, 0.15) is 13.2 Å². The molecule has 0 unspecified atom stereocenters. The monoisotopic (exact) mass is 365 g/mol. The summed E-state index contributed by atoms with van der Waals surface area (Å²) in [5.74, 6) is 0.252. The lowest BCUT2D eigenvalue weighted by Gasteiger charge is -2.18. The van der Waals surface area contributed by atoms with Crippen LogP contribution in [0.15, 0.2) is 52.4 Å². The molecule has 2 heterocycles. The zero-order valence-corrected chi connectivity index (χ0v) is 14.1. The van der Waals surface area contributed by atoms with Gasteiger partial charge >= 0.3 is 5.97 Å². The standard InChI is InChI=1S/C19H15N3O5/c23-18-13(10-20-22-14-3-1-11(2-4-14)19(24)25)7-12-8-16-17(9-15(12)21-18)27-6-5-26-16/h1-4,7-10,22H,5-6H2,(H,21,23)(H,24,25)/b20-10+. The number of aromatic amines is 1. The third-order valence-corrected chi connectivity index (χ3v) is 4.06. The Hall–Kier alpha value is -3.81. The number of pyridine rings is 1. The third-order valence-electron chi connectivity index (χ3n) is 4.06. The smallest absolute Gasteiger partial charge is 0.335 e. The summed E-state index contributed by atoms with van der Waals surface area (Å²) in [6, 6.07) is 11.4. The van der Waals surface area contributed by atoms with Gasteiger partial charge in [0, 0.05) is 11.5 Å². The first-order valence-corrected chi connectivity index (χ1v) is 8.19. The molecule has 1 aliphatic heterocycles. The molecule has 1 aliphatic rings. The number of benzene rings is 2. The molecule has 3 aromatic rings. The van der Waals surface area contributed by atoms with Crippen LogP contribution >= 0.6 is 0 Å². The molecule has 8 nitrogen and oxygen atoms in total. The Morgan fingerprint density at radius 1 is 1.11 bits per heavy atom. The number of hydrogen-bond acceptors (Lipinski definition) is 6. The van der Waals surface area contributed by atoms with E-state index >= 15 is 0 Å². The molecule has 136 valence electrons. The minimum Gasteiger partial charge on any atom is -0.486 e. The van der Waals surface area contributed by atoms with E-state index in [9.17, 15) is 9.59 Å². The minimum atomic E-state index is -0.996. The van der Waals surface area contributed by atoms with E-state index in [-0.39, 0.29) is 11.1 Å². The van der Waals surface area contributed by atoms with E-state index in [1.54, 1.807) is 24.3 Å². The number of carboxylic acids is 1. The number of ether oxygens (including phenoxy) is 2. The Morgan fingerprint density at radius 3 is 2.52 bits per heavy atom. The van der Waals surface area contributed by atoms with Crippen molar-refractivity contribution in [1.29, 1.82) is 0 Å². The van der Waals surface area contributed by atoms with Crippen molar-refractivity contribution in [3.8, 4) is 11.5 Å². The van der Waals surface area contributed by atoms with Crippen LogP contribution in [0, 0.1) is 0 Å². The highest BCUT2D eigenvalue weighted by atomic mass is 16.6. The lowest BCUT2D eigenvalue weighted by molar-refractivity contribution is 0.0697. The Labute approximate surface area is 153 Å². The number of anilines is 1. The van der Waals surface area contributed by atoms with E-state index in [2.05, 4.69) is 15.5 Å². The quantitative estimate of drug-likeness (QED) is 0.483. The van der Waals surface area contributed by atoms with E-state index in [1.165, 1.54) is 18.3 Å². The number of aromatic nitrogens is 1. The summed E-state index contributed by atoms with van der Waals surface area (Å²) in [4.78, 5) is 25.9. The highest BCUT2D eigenvalue weighted by Gasteiger charge is 2.13. The van der Waals surface area contributed by atoms with Gasteiger partial charge in [0.15, 0.2) is 11.5 Å². The van der Waals surface area contributed by atoms with Crippen LogP contribution in [0.5, 0.6) is 11.5 Å². The number of nitrogens with zero attached hydrogens (tertiary/aromatic N) is 1. The van der Waals surface area contributed by atoms with Crippen LogP contribution in [0.1, 0.15) is 15.9 Å². The van der Waals surface area contributed by atoms with Crippen LogP contribution in [-0.4, -0.2) is 35.5 Å². The largest absolute Gasteiger partial charge is 0.486 e. The maximum absolute atomic E-state index is 12.3. The average Bonchev–Trinajstić information content (AvgIpc) is 2.67. The van der Waals surface area contributed by atoms with E-state index in [1.807, 2.05) is 6.07 Å². The second-order valence-electron chi connectivity index (χ2n) is 5.89. The Kier molecular flexibility index (Phi) is 4.21. The molecule has 0 radical (unpaired) electrons. The van der Waals surface area contributed by atoms with E-state index in [4.69, 9.17) is 14.6 Å². The van der Waals surface area contributed by atoms with Gasteiger partial charge in [-0.2, -0.15) is 5.10 Å². The Balaban J connectivity index is 1.57. The van der Waals surface area contributed by atoms with Gasteiger partial charge in [-0.1, -0.05) is 0 Å². The fourth-order valence-electron chi connectivity index (χ4n) is 2.72. The van der Waals surface area contributed by atoms with E-state index in [0.717, 1.165) is 5.39 Å². The number of hydrazone groups is 1. The van der Waals surface area contributed by atoms with Gasteiger partial charge in [-0.3, -0.25) is 10.2 Å². The average molecular weight is 365 g/mol. The number of carbonyl (C=O) groups is 1. The van der Waals surface area contributed by atoms with Gasteiger partial charge in [0.2, 0.25) is 0 Å². The maximum Gasteiger partial charge on any atom is 0.335 e. The van der Waals surface area contributed by atoms with Gasteiger partial charge in [-0.15, -0.1) is 0 Å². The highest BCUT2D eigenvalue weighted by Crippen LogP contribution is 2.33. The first kappa shape index (κ1) is 16.6. The summed E-state index contributed by atoms with van der Waals surface area (Å²) >= 11 is 0. The van der Waals surface area contributed by atoms with Gasteiger partial charge in [-0.25, -0.2) is 4.79 Å². The molecule has 0 spiro atoms. The molecule has 0 fully saturated rings. The third kappa shape index (κ3) is 3.45. The number of aromatic carboxylic acids is 1. The zero-order valence-electron chi connectivity index (χ0n) is 14.1. The molecular weight excluding hydrogens is 350 g/mol. The Morgan fingerprint density at radius 2 is 1.81 bits per heavy atom. The van der Waals surface area contributed by atoms with Crippen molar-refractivity contribution in [3.05, 3.63) is 63.9 Å². The number of H-pyrrole nitrogens is 1. The zero-order chi connectivity index (χ0) is 18.8. The number of rotatable bonds is 4. The lowest BCUT2D eigenvalue weighted by Crippen LogP contribution is -2.16.